The zero-order valence-electron chi connectivity index (χ0n) is 11.1. The van der Waals surface area contributed by atoms with Crippen LogP contribution < -0.4 is 0 Å². The van der Waals surface area contributed by atoms with Crippen molar-refractivity contribution in [2.24, 2.45) is 10.8 Å². The van der Waals surface area contributed by atoms with Gasteiger partial charge in [0.25, 0.3) is 0 Å². The molecule has 1 N–H and O–H groups in total. The average Bonchev–Trinajstić information content (AvgIpc) is 3.04. The van der Waals surface area contributed by atoms with Gasteiger partial charge >= 0.3 is 0 Å². The summed E-state index contributed by atoms with van der Waals surface area (Å²) in [5, 5.41) is 20.5. The number of hydrogen-bond donors (Lipinski definition) is 1. The number of aliphatic hydroxyl groups is 1. The Morgan fingerprint density at radius 3 is 2.11 bits per heavy atom. The molecule has 0 aromatic carbocycles. The lowest BCUT2D eigenvalue weighted by Gasteiger charge is -2.47. The number of rotatable bonds is 1. The third-order valence-electron chi connectivity index (χ3n) is 5.93. The third kappa shape index (κ3) is 1.70. The highest BCUT2D eigenvalue weighted by molar-refractivity contribution is 5.15. The molecule has 18 heavy (non-hydrogen) atoms. The fourth-order valence-electron chi connectivity index (χ4n) is 4.42. The smallest absolute Gasteiger partial charge is 0.111 e. The van der Waals surface area contributed by atoms with Gasteiger partial charge in [-0.25, -0.2) is 0 Å². The van der Waals surface area contributed by atoms with Gasteiger partial charge in [0.15, 0.2) is 0 Å². The molecule has 3 aliphatic rings. The second kappa shape index (κ2) is 4.21. The van der Waals surface area contributed by atoms with E-state index in [1.54, 1.807) is 0 Å². The van der Waals surface area contributed by atoms with Gasteiger partial charge in [0.2, 0.25) is 0 Å². The van der Waals surface area contributed by atoms with Gasteiger partial charge in [-0.2, -0.15) is 5.26 Å². The van der Waals surface area contributed by atoms with Crippen LogP contribution in [0.2, 0.25) is 0 Å². The van der Waals surface area contributed by atoms with E-state index in [9.17, 15) is 10.4 Å². The molecule has 1 spiro atoms. The molecule has 0 aromatic heterocycles. The van der Waals surface area contributed by atoms with Crippen LogP contribution in [0.1, 0.15) is 57.8 Å². The second-order valence-corrected chi connectivity index (χ2v) is 6.74. The van der Waals surface area contributed by atoms with Crippen molar-refractivity contribution in [3.8, 4) is 6.07 Å². The van der Waals surface area contributed by atoms with Crippen LogP contribution in [0.15, 0.2) is 0 Å². The molecule has 3 heteroatoms. The van der Waals surface area contributed by atoms with E-state index in [2.05, 4.69) is 6.07 Å². The summed E-state index contributed by atoms with van der Waals surface area (Å²) in [5.41, 5.74) is -0.929. The Morgan fingerprint density at radius 2 is 1.61 bits per heavy atom. The van der Waals surface area contributed by atoms with Crippen molar-refractivity contribution >= 4 is 0 Å². The molecule has 3 rings (SSSR count). The summed E-state index contributed by atoms with van der Waals surface area (Å²) in [7, 11) is 0. The molecule has 2 aliphatic carbocycles. The Labute approximate surface area is 109 Å². The van der Waals surface area contributed by atoms with Crippen LogP contribution in [0.5, 0.6) is 0 Å². The van der Waals surface area contributed by atoms with E-state index in [1.807, 2.05) is 0 Å². The Kier molecular flexibility index (Phi) is 2.91. The molecule has 0 amide bonds. The fraction of sp³-hybridized carbons (Fsp3) is 0.933. The van der Waals surface area contributed by atoms with E-state index < -0.39 is 11.0 Å². The van der Waals surface area contributed by atoms with E-state index in [1.165, 1.54) is 25.7 Å². The lowest BCUT2D eigenvalue weighted by atomic mass is 9.59. The topological polar surface area (TPSA) is 53.2 Å². The van der Waals surface area contributed by atoms with Crippen molar-refractivity contribution in [3.05, 3.63) is 0 Å². The van der Waals surface area contributed by atoms with Gasteiger partial charge in [0.05, 0.1) is 18.3 Å². The van der Waals surface area contributed by atoms with Gasteiger partial charge in [-0.15, -0.1) is 0 Å². The molecule has 2 saturated carbocycles. The maximum Gasteiger partial charge on any atom is 0.111 e. The maximum atomic E-state index is 11.0. The predicted octanol–water partition coefficient (Wildman–Crippen LogP) is 2.78. The summed E-state index contributed by atoms with van der Waals surface area (Å²) in [4.78, 5) is 0. The molecule has 0 aromatic rings. The molecule has 3 fully saturated rings. The molecule has 1 atom stereocenters. The van der Waals surface area contributed by atoms with E-state index >= 15 is 0 Å². The van der Waals surface area contributed by atoms with Crippen LogP contribution in [-0.2, 0) is 4.74 Å². The summed E-state index contributed by atoms with van der Waals surface area (Å²) in [6, 6.07) is 2.39. The van der Waals surface area contributed by atoms with E-state index in [0.717, 1.165) is 25.7 Å². The number of hydrogen-bond acceptors (Lipinski definition) is 3. The summed E-state index contributed by atoms with van der Waals surface area (Å²) in [6.07, 6.45) is 9.87. The van der Waals surface area contributed by atoms with Crippen LogP contribution in [0.25, 0.3) is 0 Å². The third-order valence-corrected chi connectivity index (χ3v) is 5.93. The van der Waals surface area contributed by atoms with Gasteiger partial charge in [0, 0.05) is 6.61 Å². The fourth-order valence-corrected chi connectivity index (χ4v) is 4.42. The SMILES string of the molecule is N#CC1(C2(O)CCC3(CCCC3)CC2)CCOC1. The van der Waals surface area contributed by atoms with Crippen molar-refractivity contribution in [1.29, 1.82) is 5.26 Å². The normalized spacial score (nSPS) is 37.8. The minimum absolute atomic E-state index is 0.424. The molecule has 0 radical (unpaired) electrons. The average molecular weight is 249 g/mol. The zero-order chi connectivity index (χ0) is 12.7. The van der Waals surface area contributed by atoms with Crippen LogP contribution in [0.3, 0.4) is 0 Å². The molecule has 1 aliphatic heterocycles. The first-order chi connectivity index (χ1) is 8.64. The summed E-state index contributed by atoms with van der Waals surface area (Å²) < 4.78 is 5.40. The standard InChI is InChI=1S/C15H23NO2/c16-11-14(9-10-18-12-14)15(17)7-5-13(6-8-15)3-1-2-4-13/h17H,1-10,12H2. The van der Waals surface area contributed by atoms with Crippen LogP contribution in [-0.4, -0.2) is 23.9 Å². The van der Waals surface area contributed by atoms with Gasteiger partial charge < -0.3 is 9.84 Å². The molecule has 0 bridgehead atoms. The molecular formula is C15H23NO2. The zero-order valence-corrected chi connectivity index (χ0v) is 11.1. The van der Waals surface area contributed by atoms with Gasteiger partial charge in [0.1, 0.15) is 5.41 Å². The predicted molar refractivity (Wildman–Crippen MR) is 67.8 cm³/mol. The summed E-state index contributed by atoms with van der Waals surface area (Å²) >= 11 is 0. The maximum absolute atomic E-state index is 11.0. The minimum Gasteiger partial charge on any atom is -0.388 e. The van der Waals surface area contributed by atoms with E-state index in [4.69, 9.17) is 4.74 Å². The van der Waals surface area contributed by atoms with Gasteiger partial charge in [-0.3, -0.25) is 0 Å². The second-order valence-electron chi connectivity index (χ2n) is 6.74. The Balaban J connectivity index is 1.76. The van der Waals surface area contributed by atoms with Crippen LogP contribution in [0.4, 0.5) is 0 Å². The van der Waals surface area contributed by atoms with Gasteiger partial charge in [-0.05, 0) is 50.4 Å². The minimum atomic E-state index is -0.800. The summed E-state index contributed by atoms with van der Waals surface area (Å²) in [6.45, 7) is 1.05. The highest BCUT2D eigenvalue weighted by Crippen LogP contribution is 2.56. The van der Waals surface area contributed by atoms with Crippen molar-refractivity contribution in [3.63, 3.8) is 0 Å². The lowest BCUT2D eigenvalue weighted by molar-refractivity contribution is -0.106. The molecule has 1 heterocycles. The van der Waals surface area contributed by atoms with Crippen LogP contribution in [0, 0.1) is 22.2 Å². The Hall–Kier alpha value is -0.590. The largest absolute Gasteiger partial charge is 0.388 e. The van der Waals surface area contributed by atoms with Crippen LogP contribution >= 0.6 is 0 Å². The molecular weight excluding hydrogens is 226 g/mol. The summed E-state index contributed by atoms with van der Waals surface area (Å²) in [5.74, 6) is 0. The van der Waals surface area contributed by atoms with Crippen molar-refractivity contribution in [2.45, 2.75) is 63.4 Å². The van der Waals surface area contributed by atoms with Crippen molar-refractivity contribution in [1.82, 2.24) is 0 Å². The first-order valence-corrected chi connectivity index (χ1v) is 7.35. The molecule has 1 unspecified atom stereocenters. The van der Waals surface area contributed by atoms with Crippen molar-refractivity contribution < 1.29 is 9.84 Å². The molecule has 100 valence electrons. The van der Waals surface area contributed by atoms with Gasteiger partial charge in [-0.1, -0.05) is 12.8 Å². The lowest BCUT2D eigenvalue weighted by Crippen LogP contribution is -2.51. The quantitative estimate of drug-likeness (QED) is 0.777. The number of nitrogens with zero attached hydrogens (tertiary/aromatic N) is 1. The van der Waals surface area contributed by atoms with E-state index in [0.29, 0.717) is 25.0 Å². The monoisotopic (exact) mass is 249 g/mol. The first-order valence-electron chi connectivity index (χ1n) is 7.35. The number of ether oxygens (including phenoxy) is 1. The highest BCUT2D eigenvalue weighted by Gasteiger charge is 2.56. The van der Waals surface area contributed by atoms with E-state index in [-0.39, 0.29) is 0 Å². The Morgan fingerprint density at radius 1 is 0.944 bits per heavy atom. The molecule has 3 nitrogen and oxygen atoms in total. The Bertz CT molecular complexity index is 349. The first kappa shape index (κ1) is 12.4. The highest BCUT2D eigenvalue weighted by atomic mass is 16.5. The van der Waals surface area contributed by atoms with Crippen molar-refractivity contribution in [2.75, 3.05) is 13.2 Å². The molecule has 1 saturated heterocycles. The number of nitriles is 1.